The highest BCUT2D eigenvalue weighted by atomic mass is 35.5. The maximum Gasteiger partial charge on any atom is 0.248 e. The van der Waals surface area contributed by atoms with Crippen molar-refractivity contribution in [3.63, 3.8) is 0 Å². The number of hydrogen-bond donors (Lipinski definition) is 1. The molecule has 0 bridgehead atoms. The van der Waals surface area contributed by atoms with E-state index in [0.29, 0.717) is 21.6 Å². The van der Waals surface area contributed by atoms with Crippen molar-refractivity contribution in [1.29, 1.82) is 0 Å². The fourth-order valence-electron chi connectivity index (χ4n) is 3.60. The molecule has 154 valence electrons. The molecule has 1 aliphatic heterocycles. The van der Waals surface area contributed by atoms with Crippen molar-refractivity contribution < 1.29 is 9.21 Å². The maximum atomic E-state index is 12.5. The summed E-state index contributed by atoms with van der Waals surface area (Å²) in [5.74, 6) is 1.08. The number of hydrogen-bond acceptors (Lipinski definition) is 3. The van der Waals surface area contributed by atoms with Crippen molar-refractivity contribution in [1.82, 2.24) is 0 Å². The number of carbonyl (C=O) groups is 1. The molecule has 0 unspecified atom stereocenters. The molecule has 0 saturated carbocycles. The Morgan fingerprint density at radius 1 is 0.967 bits per heavy atom. The number of halogens is 2. The Morgan fingerprint density at radius 3 is 2.50 bits per heavy atom. The third-order valence-electron chi connectivity index (χ3n) is 5.07. The van der Waals surface area contributed by atoms with E-state index in [-0.39, 0.29) is 5.91 Å². The predicted molar refractivity (Wildman–Crippen MR) is 124 cm³/mol. The van der Waals surface area contributed by atoms with Gasteiger partial charge in [0.05, 0.1) is 16.4 Å². The van der Waals surface area contributed by atoms with Crippen molar-refractivity contribution >= 4 is 46.6 Å². The first-order chi connectivity index (χ1) is 14.6. The van der Waals surface area contributed by atoms with Crippen LogP contribution in [0.2, 0.25) is 10.0 Å². The third kappa shape index (κ3) is 4.89. The second-order valence-corrected chi connectivity index (χ2v) is 8.06. The van der Waals surface area contributed by atoms with E-state index in [2.05, 4.69) is 10.2 Å². The van der Waals surface area contributed by atoms with Crippen LogP contribution >= 0.6 is 23.2 Å². The van der Waals surface area contributed by atoms with Gasteiger partial charge in [0, 0.05) is 29.8 Å². The molecule has 0 radical (unpaired) electrons. The first-order valence-corrected chi connectivity index (χ1v) is 10.7. The molecule has 1 saturated heterocycles. The van der Waals surface area contributed by atoms with Gasteiger partial charge in [-0.2, -0.15) is 0 Å². The lowest BCUT2D eigenvalue weighted by Gasteiger charge is -2.31. The number of carbonyl (C=O) groups excluding carboxylic acids is 1. The first kappa shape index (κ1) is 20.6. The molecule has 1 N–H and O–H groups in total. The number of amides is 1. The SMILES string of the molecule is O=C(/C=C/c1ccc(-c2ccc(Cl)cc2)o1)Nc1cccc(Cl)c1N1CCCCC1. The number of nitrogens with one attached hydrogen (secondary N) is 1. The summed E-state index contributed by atoms with van der Waals surface area (Å²) >= 11 is 12.4. The summed E-state index contributed by atoms with van der Waals surface area (Å²) < 4.78 is 5.81. The summed E-state index contributed by atoms with van der Waals surface area (Å²) in [6, 6.07) is 16.7. The van der Waals surface area contributed by atoms with E-state index < -0.39 is 0 Å². The van der Waals surface area contributed by atoms with Crippen molar-refractivity contribution in [2.75, 3.05) is 23.3 Å². The smallest absolute Gasteiger partial charge is 0.248 e. The van der Waals surface area contributed by atoms with Gasteiger partial charge >= 0.3 is 0 Å². The largest absolute Gasteiger partial charge is 0.457 e. The molecule has 0 atom stereocenters. The van der Waals surface area contributed by atoms with Crippen LogP contribution in [-0.4, -0.2) is 19.0 Å². The fraction of sp³-hybridized carbons (Fsp3) is 0.208. The minimum Gasteiger partial charge on any atom is -0.457 e. The van der Waals surface area contributed by atoms with Crippen LogP contribution in [0.3, 0.4) is 0 Å². The Kier molecular flexibility index (Phi) is 6.46. The minimum atomic E-state index is -0.236. The average molecular weight is 441 g/mol. The molecule has 1 aliphatic rings. The highest BCUT2D eigenvalue weighted by molar-refractivity contribution is 6.34. The highest BCUT2D eigenvalue weighted by Crippen LogP contribution is 2.35. The number of furan rings is 1. The Labute approximate surface area is 186 Å². The van der Waals surface area contributed by atoms with Crippen LogP contribution in [0.25, 0.3) is 17.4 Å². The number of benzene rings is 2. The maximum absolute atomic E-state index is 12.5. The van der Waals surface area contributed by atoms with Gasteiger partial charge in [0.2, 0.25) is 5.91 Å². The fourth-order valence-corrected chi connectivity index (χ4v) is 4.02. The second kappa shape index (κ2) is 9.41. The summed E-state index contributed by atoms with van der Waals surface area (Å²) in [4.78, 5) is 14.8. The molecule has 30 heavy (non-hydrogen) atoms. The van der Waals surface area contributed by atoms with Crippen LogP contribution < -0.4 is 10.2 Å². The lowest BCUT2D eigenvalue weighted by atomic mass is 10.1. The van der Waals surface area contributed by atoms with E-state index in [4.69, 9.17) is 27.6 Å². The molecule has 2 aromatic carbocycles. The molecule has 4 rings (SSSR count). The number of anilines is 2. The summed E-state index contributed by atoms with van der Waals surface area (Å²) in [6.45, 7) is 1.89. The zero-order valence-electron chi connectivity index (χ0n) is 16.4. The molecule has 1 fully saturated rings. The van der Waals surface area contributed by atoms with Crippen molar-refractivity contribution in [3.05, 3.63) is 76.5 Å². The van der Waals surface area contributed by atoms with Crippen LogP contribution in [0.15, 0.2) is 65.1 Å². The molecular formula is C24H22Cl2N2O2. The Morgan fingerprint density at radius 2 is 1.73 bits per heavy atom. The van der Waals surface area contributed by atoms with Gasteiger partial charge < -0.3 is 14.6 Å². The Hall–Kier alpha value is -2.69. The number of nitrogens with zero attached hydrogens (tertiary/aromatic N) is 1. The van der Waals surface area contributed by atoms with Crippen molar-refractivity contribution in [2.24, 2.45) is 0 Å². The van der Waals surface area contributed by atoms with Gasteiger partial charge in [-0.25, -0.2) is 0 Å². The molecule has 0 spiro atoms. The van der Waals surface area contributed by atoms with Crippen molar-refractivity contribution in [2.45, 2.75) is 19.3 Å². The van der Waals surface area contributed by atoms with E-state index in [1.165, 1.54) is 12.5 Å². The topological polar surface area (TPSA) is 45.5 Å². The summed E-state index contributed by atoms with van der Waals surface area (Å²) in [6.07, 6.45) is 6.61. The monoisotopic (exact) mass is 440 g/mol. The summed E-state index contributed by atoms with van der Waals surface area (Å²) in [5, 5.41) is 4.28. The molecule has 2 heterocycles. The normalized spacial score (nSPS) is 14.3. The zero-order valence-corrected chi connectivity index (χ0v) is 17.9. The van der Waals surface area contributed by atoms with Gasteiger partial charge in [0.25, 0.3) is 0 Å². The quantitative estimate of drug-likeness (QED) is 0.438. The Balaban J connectivity index is 1.46. The van der Waals surface area contributed by atoms with Crippen LogP contribution in [0.5, 0.6) is 0 Å². The van der Waals surface area contributed by atoms with Gasteiger partial charge in [0.1, 0.15) is 11.5 Å². The van der Waals surface area contributed by atoms with Crippen LogP contribution in [-0.2, 0) is 4.79 Å². The van der Waals surface area contributed by atoms with Gasteiger partial charge in [-0.05, 0) is 73.9 Å². The first-order valence-electron chi connectivity index (χ1n) is 9.98. The molecular weight excluding hydrogens is 419 g/mol. The van der Waals surface area contributed by atoms with Gasteiger partial charge in [-0.15, -0.1) is 0 Å². The van der Waals surface area contributed by atoms with E-state index >= 15 is 0 Å². The standard InChI is InChI=1S/C24H22Cl2N2O2/c25-18-9-7-17(8-10-18)22-13-11-19(30-22)12-14-23(29)27-21-6-4-5-20(26)24(21)28-15-2-1-3-16-28/h4-14H,1-3,15-16H2,(H,27,29)/b14-12+. The van der Waals surface area contributed by atoms with Crippen LogP contribution in [0.1, 0.15) is 25.0 Å². The minimum absolute atomic E-state index is 0.236. The van der Waals surface area contributed by atoms with E-state index in [1.807, 2.05) is 54.6 Å². The van der Waals surface area contributed by atoms with Gasteiger partial charge in [-0.3, -0.25) is 4.79 Å². The highest BCUT2D eigenvalue weighted by Gasteiger charge is 2.18. The van der Waals surface area contributed by atoms with Gasteiger partial charge in [0.15, 0.2) is 0 Å². The molecule has 6 heteroatoms. The number of piperidine rings is 1. The number of rotatable bonds is 5. The molecule has 1 amide bonds. The number of para-hydroxylation sites is 1. The summed E-state index contributed by atoms with van der Waals surface area (Å²) in [7, 11) is 0. The Bertz CT molecular complexity index is 1050. The summed E-state index contributed by atoms with van der Waals surface area (Å²) in [5.41, 5.74) is 2.54. The van der Waals surface area contributed by atoms with Gasteiger partial charge in [-0.1, -0.05) is 29.3 Å². The van der Waals surface area contributed by atoms with Crippen LogP contribution in [0, 0.1) is 0 Å². The third-order valence-corrected chi connectivity index (χ3v) is 5.63. The lowest BCUT2D eigenvalue weighted by molar-refractivity contribution is -0.111. The molecule has 0 aliphatic carbocycles. The molecule has 3 aromatic rings. The van der Waals surface area contributed by atoms with Crippen molar-refractivity contribution in [3.8, 4) is 11.3 Å². The second-order valence-electron chi connectivity index (χ2n) is 7.22. The van der Waals surface area contributed by atoms with E-state index in [0.717, 1.165) is 42.9 Å². The van der Waals surface area contributed by atoms with Crippen LogP contribution in [0.4, 0.5) is 11.4 Å². The predicted octanol–water partition coefficient (Wildman–Crippen LogP) is 6.90. The molecule has 4 nitrogen and oxygen atoms in total. The average Bonchev–Trinajstić information content (AvgIpc) is 3.23. The molecule has 1 aromatic heterocycles. The lowest BCUT2D eigenvalue weighted by Crippen LogP contribution is -2.30. The van der Waals surface area contributed by atoms with E-state index in [9.17, 15) is 4.79 Å². The van der Waals surface area contributed by atoms with E-state index in [1.54, 1.807) is 6.08 Å². The zero-order chi connectivity index (χ0) is 20.9.